The summed E-state index contributed by atoms with van der Waals surface area (Å²) in [5, 5.41) is 3.20. The molecule has 0 fully saturated rings. The molecule has 0 aromatic heterocycles. The van der Waals surface area contributed by atoms with Gasteiger partial charge in [-0.15, -0.1) is 6.58 Å². The van der Waals surface area contributed by atoms with Gasteiger partial charge in [0, 0.05) is 0 Å². The van der Waals surface area contributed by atoms with Crippen molar-refractivity contribution in [3.8, 4) is 0 Å². The highest BCUT2D eigenvalue weighted by Crippen LogP contribution is 2.06. The molecule has 15 heavy (non-hydrogen) atoms. The van der Waals surface area contributed by atoms with Crippen LogP contribution in [0.5, 0.6) is 0 Å². The van der Waals surface area contributed by atoms with E-state index in [2.05, 4.69) is 25.7 Å². The number of esters is 1. The van der Waals surface area contributed by atoms with Gasteiger partial charge in [-0.1, -0.05) is 19.4 Å². The van der Waals surface area contributed by atoms with Gasteiger partial charge >= 0.3 is 5.97 Å². The fraction of sp³-hybridized carbons (Fsp3) is 0.750. The maximum atomic E-state index is 11.4. The number of rotatable bonds is 7. The van der Waals surface area contributed by atoms with Gasteiger partial charge in [0.05, 0.1) is 7.11 Å². The number of hydrogen-bond acceptors (Lipinski definition) is 3. The van der Waals surface area contributed by atoms with Crippen LogP contribution in [0.15, 0.2) is 12.2 Å². The van der Waals surface area contributed by atoms with Gasteiger partial charge in [0.25, 0.3) is 0 Å². The molecule has 1 atom stereocenters. The Morgan fingerprint density at radius 2 is 2.07 bits per heavy atom. The van der Waals surface area contributed by atoms with Crippen LogP contribution in [-0.2, 0) is 9.53 Å². The third-order valence-electron chi connectivity index (χ3n) is 2.14. The van der Waals surface area contributed by atoms with E-state index in [9.17, 15) is 4.79 Å². The van der Waals surface area contributed by atoms with E-state index in [0.29, 0.717) is 5.92 Å². The summed E-state index contributed by atoms with van der Waals surface area (Å²) in [5.74, 6) is 0.303. The third-order valence-corrected chi connectivity index (χ3v) is 2.14. The summed E-state index contributed by atoms with van der Waals surface area (Å²) < 4.78 is 4.75. The molecule has 0 radical (unpaired) electrons. The molecule has 0 saturated carbocycles. The maximum absolute atomic E-state index is 11.4. The summed E-state index contributed by atoms with van der Waals surface area (Å²) in [7, 11) is 1.43. The highest BCUT2D eigenvalue weighted by Gasteiger charge is 2.19. The van der Waals surface area contributed by atoms with Crippen LogP contribution < -0.4 is 5.32 Å². The van der Waals surface area contributed by atoms with Crippen molar-refractivity contribution in [1.29, 1.82) is 0 Å². The zero-order valence-electron chi connectivity index (χ0n) is 10.3. The summed E-state index contributed by atoms with van der Waals surface area (Å²) in [6.07, 6.45) is 1.70. The molecule has 0 aromatic carbocycles. The molecule has 88 valence electrons. The monoisotopic (exact) mass is 213 g/mol. The summed E-state index contributed by atoms with van der Waals surface area (Å²) in [6, 6.07) is -0.186. The second-order valence-corrected chi connectivity index (χ2v) is 4.37. The number of methoxy groups -OCH3 is 1. The van der Waals surface area contributed by atoms with Gasteiger partial charge in [0.15, 0.2) is 0 Å². The molecule has 1 N–H and O–H groups in total. The molecule has 3 heteroatoms. The SMILES string of the molecule is C=C(C)CCNC(CC(C)C)C(=O)OC. The van der Waals surface area contributed by atoms with Crippen molar-refractivity contribution in [2.75, 3.05) is 13.7 Å². The largest absolute Gasteiger partial charge is 0.468 e. The van der Waals surface area contributed by atoms with E-state index in [0.717, 1.165) is 25.0 Å². The molecular formula is C12H23NO2. The molecule has 0 bridgehead atoms. The Morgan fingerprint density at radius 3 is 2.47 bits per heavy atom. The maximum Gasteiger partial charge on any atom is 0.322 e. The van der Waals surface area contributed by atoms with Gasteiger partial charge in [-0.05, 0) is 32.2 Å². The molecule has 0 aliphatic carbocycles. The quantitative estimate of drug-likeness (QED) is 0.520. The third kappa shape index (κ3) is 7.14. The summed E-state index contributed by atoms with van der Waals surface area (Å²) in [5.41, 5.74) is 1.12. The van der Waals surface area contributed by atoms with Gasteiger partial charge < -0.3 is 10.1 Å². The minimum absolute atomic E-state index is 0.176. The molecule has 0 aliphatic heterocycles. The lowest BCUT2D eigenvalue weighted by molar-refractivity contribution is -0.143. The minimum Gasteiger partial charge on any atom is -0.468 e. The standard InChI is InChI=1S/C12H23NO2/c1-9(2)6-7-13-11(8-10(3)4)12(14)15-5/h10-11,13H,1,6-8H2,2-5H3. The van der Waals surface area contributed by atoms with Crippen LogP contribution in [0.25, 0.3) is 0 Å². The number of hydrogen-bond donors (Lipinski definition) is 1. The van der Waals surface area contributed by atoms with Crippen molar-refractivity contribution >= 4 is 5.97 Å². The Labute approximate surface area is 92.9 Å². The van der Waals surface area contributed by atoms with Crippen LogP contribution in [0.1, 0.15) is 33.6 Å². The predicted octanol–water partition coefficient (Wildman–Crippen LogP) is 2.13. The second kappa shape index (κ2) is 7.46. The Balaban J connectivity index is 4.01. The van der Waals surface area contributed by atoms with Gasteiger partial charge in [-0.3, -0.25) is 4.79 Å². The molecule has 0 aromatic rings. The van der Waals surface area contributed by atoms with Crippen LogP contribution in [-0.4, -0.2) is 25.7 Å². The zero-order valence-corrected chi connectivity index (χ0v) is 10.3. The Kier molecular flexibility index (Phi) is 7.05. The lowest BCUT2D eigenvalue weighted by atomic mass is 10.0. The van der Waals surface area contributed by atoms with Crippen LogP contribution in [0, 0.1) is 5.92 Å². The Morgan fingerprint density at radius 1 is 1.47 bits per heavy atom. The number of carbonyl (C=O) groups excluding carboxylic acids is 1. The van der Waals surface area contributed by atoms with E-state index in [-0.39, 0.29) is 12.0 Å². The van der Waals surface area contributed by atoms with Gasteiger partial charge in [0.1, 0.15) is 6.04 Å². The Bertz CT molecular complexity index is 212. The summed E-state index contributed by atoms with van der Waals surface area (Å²) in [4.78, 5) is 11.4. The van der Waals surface area contributed by atoms with Crippen molar-refractivity contribution in [3.63, 3.8) is 0 Å². The molecular weight excluding hydrogens is 190 g/mol. The molecule has 1 unspecified atom stereocenters. The highest BCUT2D eigenvalue weighted by atomic mass is 16.5. The first-order valence-corrected chi connectivity index (χ1v) is 5.43. The van der Waals surface area contributed by atoms with Crippen LogP contribution in [0.3, 0.4) is 0 Å². The molecule has 0 amide bonds. The first-order valence-electron chi connectivity index (χ1n) is 5.43. The first-order chi connectivity index (χ1) is 6.97. The normalized spacial score (nSPS) is 12.6. The second-order valence-electron chi connectivity index (χ2n) is 4.37. The number of carbonyl (C=O) groups is 1. The zero-order chi connectivity index (χ0) is 11.8. The minimum atomic E-state index is -0.186. The molecule has 0 spiro atoms. The van der Waals surface area contributed by atoms with Crippen LogP contribution in [0.4, 0.5) is 0 Å². The van der Waals surface area contributed by atoms with Crippen LogP contribution >= 0.6 is 0 Å². The molecule has 0 saturated heterocycles. The Hall–Kier alpha value is -0.830. The first kappa shape index (κ1) is 14.2. The van der Waals surface area contributed by atoms with Gasteiger partial charge in [-0.25, -0.2) is 0 Å². The lowest BCUT2D eigenvalue weighted by Crippen LogP contribution is -2.39. The topological polar surface area (TPSA) is 38.3 Å². The predicted molar refractivity (Wildman–Crippen MR) is 62.7 cm³/mol. The smallest absolute Gasteiger partial charge is 0.322 e. The van der Waals surface area contributed by atoms with Crippen molar-refractivity contribution in [2.45, 2.75) is 39.7 Å². The van der Waals surface area contributed by atoms with Crippen molar-refractivity contribution in [3.05, 3.63) is 12.2 Å². The van der Waals surface area contributed by atoms with Crippen molar-refractivity contribution in [1.82, 2.24) is 5.32 Å². The van der Waals surface area contributed by atoms with Gasteiger partial charge in [0.2, 0.25) is 0 Å². The fourth-order valence-electron chi connectivity index (χ4n) is 1.34. The van der Waals surface area contributed by atoms with E-state index >= 15 is 0 Å². The van der Waals surface area contributed by atoms with E-state index < -0.39 is 0 Å². The molecule has 3 nitrogen and oxygen atoms in total. The van der Waals surface area contributed by atoms with Crippen molar-refractivity contribution in [2.24, 2.45) is 5.92 Å². The van der Waals surface area contributed by atoms with E-state index in [1.807, 2.05) is 6.92 Å². The van der Waals surface area contributed by atoms with Crippen LogP contribution in [0.2, 0.25) is 0 Å². The summed E-state index contributed by atoms with van der Waals surface area (Å²) in [6.45, 7) is 10.8. The highest BCUT2D eigenvalue weighted by molar-refractivity contribution is 5.75. The van der Waals surface area contributed by atoms with E-state index in [4.69, 9.17) is 4.74 Å². The number of nitrogens with one attached hydrogen (secondary N) is 1. The van der Waals surface area contributed by atoms with Gasteiger partial charge in [-0.2, -0.15) is 0 Å². The van der Waals surface area contributed by atoms with E-state index in [1.165, 1.54) is 7.11 Å². The fourth-order valence-corrected chi connectivity index (χ4v) is 1.34. The van der Waals surface area contributed by atoms with E-state index in [1.54, 1.807) is 0 Å². The lowest BCUT2D eigenvalue weighted by Gasteiger charge is -2.18. The molecule has 0 heterocycles. The number of ether oxygens (including phenoxy) is 1. The average molecular weight is 213 g/mol. The summed E-state index contributed by atoms with van der Waals surface area (Å²) >= 11 is 0. The van der Waals surface area contributed by atoms with Crippen molar-refractivity contribution < 1.29 is 9.53 Å². The average Bonchev–Trinajstić information content (AvgIpc) is 2.14. The molecule has 0 rings (SSSR count). The molecule has 0 aliphatic rings.